The zero-order valence-electron chi connectivity index (χ0n) is 8.98. The van der Waals surface area contributed by atoms with E-state index in [1.54, 1.807) is 4.90 Å². The van der Waals surface area contributed by atoms with E-state index in [0.717, 1.165) is 15.4 Å². The second kappa shape index (κ2) is 3.85. The highest BCUT2D eigenvalue weighted by Gasteiger charge is 2.31. The molecule has 0 aliphatic carbocycles. The number of carbonyl (C=O) groups is 1. The molecule has 0 bridgehead atoms. The quantitative estimate of drug-likeness (QED) is 0.842. The number of aromatic nitrogens is 1. The van der Waals surface area contributed by atoms with Gasteiger partial charge in [0.15, 0.2) is 0 Å². The number of aromatic amines is 1. The lowest BCUT2D eigenvalue weighted by molar-refractivity contribution is 0.00550. The van der Waals surface area contributed by atoms with Crippen LogP contribution in [0.1, 0.15) is 10.5 Å². The molecule has 1 fully saturated rings. The Morgan fingerprint density at radius 3 is 2.76 bits per heavy atom. The van der Waals surface area contributed by atoms with Crippen molar-refractivity contribution in [2.45, 2.75) is 6.10 Å². The predicted octanol–water partition coefficient (Wildman–Crippen LogP) is 1.75. The van der Waals surface area contributed by atoms with Gasteiger partial charge in [0, 0.05) is 24.0 Å². The van der Waals surface area contributed by atoms with Crippen LogP contribution >= 0.6 is 15.9 Å². The molecular weight excluding hydrogens is 284 g/mol. The SMILES string of the molecule is O=C(c1[nH]c2ccccc2c1Br)N1CC(O)C1. The molecule has 0 spiro atoms. The fourth-order valence-corrected chi connectivity index (χ4v) is 2.65. The van der Waals surface area contributed by atoms with Crippen LogP contribution < -0.4 is 0 Å². The molecule has 2 aromatic rings. The number of aliphatic hydroxyl groups is 1. The molecular formula is C12H11BrN2O2. The molecule has 4 nitrogen and oxygen atoms in total. The van der Waals surface area contributed by atoms with Crippen molar-refractivity contribution < 1.29 is 9.90 Å². The topological polar surface area (TPSA) is 56.3 Å². The van der Waals surface area contributed by atoms with E-state index >= 15 is 0 Å². The zero-order valence-corrected chi connectivity index (χ0v) is 10.6. The van der Waals surface area contributed by atoms with Crippen LogP contribution in [0.4, 0.5) is 0 Å². The summed E-state index contributed by atoms with van der Waals surface area (Å²) in [6, 6.07) is 7.75. The molecule has 1 aliphatic heterocycles. The summed E-state index contributed by atoms with van der Waals surface area (Å²) in [6.07, 6.45) is -0.373. The number of H-pyrrole nitrogens is 1. The van der Waals surface area contributed by atoms with E-state index in [0.29, 0.717) is 18.8 Å². The molecule has 0 radical (unpaired) electrons. The van der Waals surface area contributed by atoms with Gasteiger partial charge in [-0.05, 0) is 22.0 Å². The molecule has 2 heterocycles. The normalized spacial score (nSPS) is 16.2. The average molecular weight is 295 g/mol. The molecule has 3 rings (SSSR count). The van der Waals surface area contributed by atoms with Crippen molar-refractivity contribution in [3.63, 3.8) is 0 Å². The van der Waals surface area contributed by atoms with Crippen molar-refractivity contribution >= 4 is 32.7 Å². The molecule has 88 valence electrons. The maximum absolute atomic E-state index is 12.1. The number of amides is 1. The van der Waals surface area contributed by atoms with Crippen molar-refractivity contribution in [1.82, 2.24) is 9.88 Å². The third kappa shape index (κ3) is 1.66. The monoisotopic (exact) mass is 294 g/mol. The number of likely N-dealkylation sites (tertiary alicyclic amines) is 1. The molecule has 0 atom stereocenters. The summed E-state index contributed by atoms with van der Waals surface area (Å²) >= 11 is 3.45. The maximum atomic E-state index is 12.1. The van der Waals surface area contributed by atoms with E-state index in [1.165, 1.54) is 0 Å². The van der Waals surface area contributed by atoms with Crippen LogP contribution in [0.15, 0.2) is 28.7 Å². The predicted molar refractivity (Wildman–Crippen MR) is 67.9 cm³/mol. The number of benzene rings is 1. The van der Waals surface area contributed by atoms with Crippen molar-refractivity contribution in [1.29, 1.82) is 0 Å². The average Bonchev–Trinajstić information content (AvgIpc) is 2.63. The second-order valence-corrected chi connectivity index (χ2v) is 5.02. The number of hydrogen-bond acceptors (Lipinski definition) is 2. The number of rotatable bonds is 1. The third-order valence-corrected chi connectivity index (χ3v) is 3.83. The van der Waals surface area contributed by atoms with E-state index in [2.05, 4.69) is 20.9 Å². The first-order chi connectivity index (χ1) is 8.16. The van der Waals surface area contributed by atoms with Gasteiger partial charge in [-0.15, -0.1) is 0 Å². The van der Waals surface area contributed by atoms with Gasteiger partial charge in [0.2, 0.25) is 0 Å². The Kier molecular flexibility index (Phi) is 2.45. The van der Waals surface area contributed by atoms with Gasteiger partial charge in [0.25, 0.3) is 5.91 Å². The Balaban J connectivity index is 2.00. The number of nitrogens with one attached hydrogen (secondary N) is 1. The Bertz CT molecular complexity index is 587. The highest BCUT2D eigenvalue weighted by atomic mass is 79.9. The van der Waals surface area contributed by atoms with E-state index in [4.69, 9.17) is 0 Å². The third-order valence-electron chi connectivity index (χ3n) is 3.01. The number of para-hydroxylation sites is 1. The van der Waals surface area contributed by atoms with Gasteiger partial charge in [-0.1, -0.05) is 18.2 Å². The van der Waals surface area contributed by atoms with Gasteiger partial charge >= 0.3 is 0 Å². The minimum atomic E-state index is -0.373. The molecule has 1 saturated heterocycles. The smallest absolute Gasteiger partial charge is 0.271 e. The van der Waals surface area contributed by atoms with Gasteiger partial charge in [0.05, 0.1) is 10.6 Å². The summed E-state index contributed by atoms with van der Waals surface area (Å²) in [4.78, 5) is 16.8. The molecule has 5 heteroatoms. The highest BCUT2D eigenvalue weighted by Crippen LogP contribution is 2.29. The second-order valence-electron chi connectivity index (χ2n) is 4.22. The van der Waals surface area contributed by atoms with Gasteiger partial charge < -0.3 is 15.0 Å². The fraction of sp³-hybridized carbons (Fsp3) is 0.250. The lowest BCUT2D eigenvalue weighted by Crippen LogP contribution is -2.53. The number of halogens is 1. The molecule has 0 saturated carbocycles. The summed E-state index contributed by atoms with van der Waals surface area (Å²) in [6.45, 7) is 0.835. The number of aliphatic hydroxyl groups excluding tert-OH is 1. The molecule has 0 unspecified atom stereocenters. The first kappa shape index (κ1) is 10.8. The van der Waals surface area contributed by atoms with Gasteiger partial charge in [-0.3, -0.25) is 4.79 Å². The summed E-state index contributed by atoms with van der Waals surface area (Å²) in [7, 11) is 0. The molecule has 17 heavy (non-hydrogen) atoms. The Morgan fingerprint density at radius 2 is 2.12 bits per heavy atom. The Labute approximate surface area is 106 Å². The van der Waals surface area contributed by atoms with E-state index < -0.39 is 0 Å². The number of nitrogens with zero attached hydrogens (tertiary/aromatic N) is 1. The fourth-order valence-electron chi connectivity index (χ4n) is 2.03. The lowest BCUT2D eigenvalue weighted by Gasteiger charge is -2.35. The minimum absolute atomic E-state index is 0.0709. The van der Waals surface area contributed by atoms with E-state index in [9.17, 15) is 9.90 Å². The van der Waals surface area contributed by atoms with Crippen molar-refractivity contribution in [2.75, 3.05) is 13.1 Å². The van der Waals surface area contributed by atoms with Crippen molar-refractivity contribution in [2.24, 2.45) is 0 Å². The van der Waals surface area contributed by atoms with E-state index in [-0.39, 0.29) is 12.0 Å². The standard InChI is InChI=1S/C12H11BrN2O2/c13-10-8-3-1-2-4-9(8)14-11(10)12(17)15-5-7(16)6-15/h1-4,7,14,16H,5-6H2. The lowest BCUT2D eigenvalue weighted by atomic mass is 10.1. The van der Waals surface area contributed by atoms with Crippen LogP contribution in [0.5, 0.6) is 0 Å². The Morgan fingerprint density at radius 1 is 1.41 bits per heavy atom. The maximum Gasteiger partial charge on any atom is 0.271 e. The van der Waals surface area contributed by atoms with Crippen molar-refractivity contribution in [3.8, 4) is 0 Å². The van der Waals surface area contributed by atoms with Crippen LogP contribution in [0, 0.1) is 0 Å². The number of β-amino-alcohol motifs (C(OH)–C–C–N with tert-alkyl or cyclic N) is 1. The van der Waals surface area contributed by atoms with Crippen LogP contribution in [0.2, 0.25) is 0 Å². The minimum Gasteiger partial charge on any atom is -0.389 e. The summed E-state index contributed by atoms with van der Waals surface area (Å²) in [5.74, 6) is -0.0709. The zero-order chi connectivity index (χ0) is 12.0. The van der Waals surface area contributed by atoms with Crippen LogP contribution in [-0.2, 0) is 0 Å². The summed E-state index contributed by atoms with van der Waals surface area (Å²) in [5.41, 5.74) is 1.49. The number of fused-ring (bicyclic) bond motifs is 1. The largest absolute Gasteiger partial charge is 0.389 e. The van der Waals surface area contributed by atoms with Crippen molar-refractivity contribution in [3.05, 3.63) is 34.4 Å². The molecule has 1 aliphatic rings. The summed E-state index contributed by atoms with van der Waals surface area (Å²) < 4.78 is 0.791. The highest BCUT2D eigenvalue weighted by molar-refractivity contribution is 9.10. The van der Waals surface area contributed by atoms with Crippen LogP contribution in [0.3, 0.4) is 0 Å². The Hall–Kier alpha value is -1.33. The molecule has 1 amide bonds. The molecule has 1 aromatic carbocycles. The van der Waals surface area contributed by atoms with Gasteiger partial charge in [-0.25, -0.2) is 0 Å². The first-order valence-electron chi connectivity index (χ1n) is 5.40. The molecule has 1 aromatic heterocycles. The van der Waals surface area contributed by atoms with E-state index in [1.807, 2.05) is 24.3 Å². The summed E-state index contributed by atoms with van der Waals surface area (Å²) in [5, 5.41) is 10.2. The molecule has 2 N–H and O–H groups in total. The number of hydrogen-bond donors (Lipinski definition) is 2. The first-order valence-corrected chi connectivity index (χ1v) is 6.19. The van der Waals surface area contributed by atoms with Crippen LogP contribution in [0.25, 0.3) is 10.9 Å². The van der Waals surface area contributed by atoms with Gasteiger partial charge in [-0.2, -0.15) is 0 Å². The van der Waals surface area contributed by atoms with Crippen LogP contribution in [-0.4, -0.2) is 40.1 Å². The van der Waals surface area contributed by atoms with Gasteiger partial charge in [0.1, 0.15) is 5.69 Å². The number of carbonyl (C=O) groups excluding carboxylic acids is 1.